The highest BCUT2D eigenvalue weighted by Crippen LogP contribution is 2.09. The van der Waals surface area contributed by atoms with E-state index in [2.05, 4.69) is 0 Å². The average Bonchev–Trinajstić information content (AvgIpc) is 2.11. The van der Waals surface area contributed by atoms with Crippen molar-refractivity contribution in [1.29, 1.82) is 0 Å². The fourth-order valence-electron chi connectivity index (χ4n) is 1.29. The second kappa shape index (κ2) is 5.22. The molecule has 0 spiro atoms. The smallest absolute Gasteiger partial charge is 0.318 e. The van der Waals surface area contributed by atoms with Crippen molar-refractivity contribution >= 4 is 15.8 Å². The van der Waals surface area contributed by atoms with Gasteiger partial charge in [-0.3, -0.25) is 4.79 Å². The Labute approximate surface area is 96.8 Å². The third kappa shape index (κ3) is 4.90. The number of sulfone groups is 1. The van der Waals surface area contributed by atoms with Crippen LogP contribution < -0.4 is 0 Å². The molecule has 4 nitrogen and oxygen atoms in total. The number of halogens is 2. The number of carbonyl (C=O) groups is 1. The van der Waals surface area contributed by atoms with Gasteiger partial charge in [-0.15, -0.1) is 0 Å². The molecule has 94 valence electrons. The van der Waals surface area contributed by atoms with Crippen molar-refractivity contribution in [3.63, 3.8) is 0 Å². The van der Waals surface area contributed by atoms with Gasteiger partial charge < -0.3 is 5.11 Å². The number of carboxylic acid groups (broad SMARTS) is 1. The minimum Gasteiger partial charge on any atom is -0.480 e. The van der Waals surface area contributed by atoms with Gasteiger partial charge in [0.2, 0.25) is 0 Å². The zero-order valence-corrected chi connectivity index (χ0v) is 9.51. The Morgan fingerprint density at radius 1 is 1.18 bits per heavy atom. The van der Waals surface area contributed by atoms with Crippen LogP contribution in [-0.2, 0) is 21.1 Å². The normalized spacial score (nSPS) is 11.4. The molecule has 7 heteroatoms. The van der Waals surface area contributed by atoms with E-state index in [1.165, 1.54) is 0 Å². The Morgan fingerprint density at radius 2 is 1.71 bits per heavy atom. The van der Waals surface area contributed by atoms with Crippen LogP contribution in [0.1, 0.15) is 5.56 Å². The number of rotatable bonds is 5. The second-order valence-electron chi connectivity index (χ2n) is 3.51. The molecular weight excluding hydrogens is 254 g/mol. The van der Waals surface area contributed by atoms with E-state index in [1.807, 2.05) is 0 Å². The van der Waals surface area contributed by atoms with Gasteiger partial charge in [0, 0.05) is 6.07 Å². The maximum atomic E-state index is 12.8. The van der Waals surface area contributed by atoms with E-state index in [1.54, 1.807) is 0 Å². The van der Waals surface area contributed by atoms with E-state index in [4.69, 9.17) is 5.11 Å². The maximum Gasteiger partial charge on any atom is 0.318 e. The zero-order chi connectivity index (χ0) is 13.1. The molecule has 0 atom stereocenters. The highest BCUT2D eigenvalue weighted by atomic mass is 32.2. The van der Waals surface area contributed by atoms with Gasteiger partial charge in [-0.2, -0.15) is 0 Å². The van der Waals surface area contributed by atoms with Crippen molar-refractivity contribution in [2.24, 2.45) is 0 Å². The van der Waals surface area contributed by atoms with Gasteiger partial charge in [0.05, 0.1) is 5.75 Å². The summed E-state index contributed by atoms with van der Waals surface area (Å²) in [5.41, 5.74) is 0.177. The van der Waals surface area contributed by atoms with Crippen LogP contribution in [0.15, 0.2) is 18.2 Å². The predicted octanol–water partition coefficient (Wildman–Crippen LogP) is 1.01. The largest absolute Gasteiger partial charge is 0.480 e. The topological polar surface area (TPSA) is 71.4 Å². The van der Waals surface area contributed by atoms with Crippen LogP contribution in [0, 0.1) is 11.6 Å². The van der Waals surface area contributed by atoms with Crippen LogP contribution in [0.25, 0.3) is 0 Å². The second-order valence-corrected chi connectivity index (χ2v) is 5.70. The van der Waals surface area contributed by atoms with Gasteiger partial charge in [-0.1, -0.05) is 0 Å². The summed E-state index contributed by atoms with van der Waals surface area (Å²) < 4.78 is 48.0. The molecule has 1 rings (SSSR count). The number of aliphatic carboxylic acids is 1. The molecule has 0 saturated carbocycles. The SMILES string of the molecule is O=C(O)CS(=O)(=O)CCc1cc(F)cc(F)c1. The lowest BCUT2D eigenvalue weighted by Gasteiger charge is -2.03. The highest BCUT2D eigenvalue weighted by molar-refractivity contribution is 7.92. The first-order valence-electron chi connectivity index (χ1n) is 4.66. The molecule has 1 aromatic rings. The molecule has 0 aliphatic carbocycles. The van der Waals surface area contributed by atoms with E-state index in [0.29, 0.717) is 6.07 Å². The molecule has 0 bridgehead atoms. The van der Waals surface area contributed by atoms with E-state index in [0.717, 1.165) is 12.1 Å². The zero-order valence-electron chi connectivity index (χ0n) is 8.69. The number of benzene rings is 1. The van der Waals surface area contributed by atoms with Gasteiger partial charge in [-0.25, -0.2) is 17.2 Å². The first-order valence-corrected chi connectivity index (χ1v) is 6.48. The third-order valence-corrected chi connectivity index (χ3v) is 3.48. The van der Waals surface area contributed by atoms with E-state index >= 15 is 0 Å². The molecule has 0 unspecified atom stereocenters. The van der Waals surface area contributed by atoms with E-state index < -0.39 is 38.9 Å². The summed E-state index contributed by atoms with van der Waals surface area (Å²) in [6.45, 7) is 0. The Bertz CT molecular complexity index is 505. The van der Waals surface area contributed by atoms with Crippen LogP contribution in [0.3, 0.4) is 0 Å². The quantitative estimate of drug-likeness (QED) is 0.861. The summed E-state index contributed by atoms with van der Waals surface area (Å²) in [6.07, 6.45) is -0.121. The first kappa shape index (κ1) is 13.6. The molecule has 0 heterocycles. The summed E-state index contributed by atoms with van der Waals surface area (Å²) in [6, 6.07) is 2.70. The minimum absolute atomic E-state index is 0.121. The Hall–Kier alpha value is -1.50. The van der Waals surface area contributed by atoms with Crippen molar-refractivity contribution in [2.75, 3.05) is 11.5 Å². The molecule has 17 heavy (non-hydrogen) atoms. The average molecular weight is 264 g/mol. The summed E-state index contributed by atoms with van der Waals surface area (Å²) in [7, 11) is -3.75. The summed E-state index contributed by atoms with van der Waals surface area (Å²) in [5, 5.41) is 8.34. The molecule has 0 amide bonds. The minimum atomic E-state index is -3.75. The number of hydrogen-bond acceptors (Lipinski definition) is 3. The standard InChI is InChI=1S/C10H10F2O4S/c11-8-3-7(4-9(12)5-8)1-2-17(15,16)6-10(13)14/h3-5H,1-2,6H2,(H,13,14). The van der Waals surface area contributed by atoms with Crippen LogP contribution in [0.2, 0.25) is 0 Å². The molecule has 0 aliphatic rings. The van der Waals surface area contributed by atoms with Gasteiger partial charge >= 0.3 is 5.97 Å². The molecule has 0 radical (unpaired) electrons. The van der Waals surface area contributed by atoms with Gasteiger partial charge in [0.1, 0.15) is 17.4 Å². The van der Waals surface area contributed by atoms with Crippen LogP contribution in [-0.4, -0.2) is 31.0 Å². The summed E-state index contributed by atoms with van der Waals surface area (Å²) >= 11 is 0. The molecule has 0 aliphatic heterocycles. The molecular formula is C10H10F2O4S. The fourth-order valence-corrected chi connectivity index (χ4v) is 2.36. The summed E-state index contributed by atoms with van der Waals surface area (Å²) in [5.74, 6) is -4.48. The van der Waals surface area contributed by atoms with Crippen LogP contribution in [0.5, 0.6) is 0 Å². The van der Waals surface area contributed by atoms with Crippen molar-refractivity contribution in [2.45, 2.75) is 6.42 Å². The molecule has 0 saturated heterocycles. The molecule has 0 fully saturated rings. The molecule has 1 aromatic carbocycles. The van der Waals surface area contributed by atoms with Gasteiger partial charge in [0.15, 0.2) is 9.84 Å². The maximum absolute atomic E-state index is 12.8. The number of hydrogen-bond donors (Lipinski definition) is 1. The van der Waals surface area contributed by atoms with Crippen LogP contribution in [0.4, 0.5) is 8.78 Å². The van der Waals surface area contributed by atoms with Crippen molar-refractivity contribution in [3.8, 4) is 0 Å². The van der Waals surface area contributed by atoms with E-state index in [-0.39, 0.29) is 12.0 Å². The van der Waals surface area contributed by atoms with Crippen molar-refractivity contribution in [3.05, 3.63) is 35.4 Å². The third-order valence-electron chi connectivity index (χ3n) is 1.97. The van der Waals surface area contributed by atoms with E-state index in [9.17, 15) is 22.0 Å². The lowest BCUT2D eigenvalue weighted by Crippen LogP contribution is -2.19. The van der Waals surface area contributed by atoms with Crippen molar-refractivity contribution < 1.29 is 27.1 Å². The molecule has 0 aromatic heterocycles. The number of carboxylic acids is 1. The Balaban J connectivity index is 2.70. The lowest BCUT2D eigenvalue weighted by molar-refractivity contribution is -0.134. The Morgan fingerprint density at radius 3 is 2.18 bits per heavy atom. The number of aryl methyl sites for hydroxylation is 1. The lowest BCUT2D eigenvalue weighted by atomic mass is 10.2. The predicted molar refractivity (Wildman–Crippen MR) is 56.4 cm³/mol. The van der Waals surface area contributed by atoms with Crippen LogP contribution >= 0.6 is 0 Å². The van der Waals surface area contributed by atoms with Gasteiger partial charge in [-0.05, 0) is 24.1 Å². The molecule has 1 N–H and O–H groups in total. The highest BCUT2D eigenvalue weighted by Gasteiger charge is 2.16. The van der Waals surface area contributed by atoms with Crippen molar-refractivity contribution in [1.82, 2.24) is 0 Å². The first-order chi connectivity index (χ1) is 7.78. The fraction of sp³-hybridized carbons (Fsp3) is 0.300. The summed E-state index contributed by atoms with van der Waals surface area (Å²) in [4.78, 5) is 10.2. The Kier molecular flexibility index (Phi) is 4.17. The van der Waals surface area contributed by atoms with Gasteiger partial charge in [0.25, 0.3) is 0 Å². The monoisotopic (exact) mass is 264 g/mol.